The number of rotatable bonds is 37. The van der Waals surface area contributed by atoms with Crippen LogP contribution in [0.1, 0.15) is 155 Å². The molecule has 0 saturated heterocycles. The van der Waals surface area contributed by atoms with Crippen LogP contribution in [0.5, 0.6) is 0 Å². The Morgan fingerprint density at radius 1 is 0.627 bits per heavy atom. The van der Waals surface area contributed by atoms with E-state index in [1.165, 1.54) is 89.9 Å². The van der Waals surface area contributed by atoms with Crippen LogP contribution < -0.4 is 4.89 Å². The number of hydrogen-bond donors (Lipinski definition) is 0. The third kappa shape index (κ3) is 39.5. The first-order valence-corrected chi connectivity index (χ1v) is 21.8. The van der Waals surface area contributed by atoms with Crippen LogP contribution in [0.2, 0.25) is 0 Å². The Kier molecular flexibility index (Phi) is 34.4. The van der Waals surface area contributed by atoms with Gasteiger partial charge in [0.05, 0.1) is 34.4 Å². The van der Waals surface area contributed by atoms with E-state index in [0.29, 0.717) is 24.1 Å². The second-order valence-electron chi connectivity index (χ2n) is 14.6. The molecule has 0 aliphatic heterocycles. The normalized spacial score (nSPS) is 14.4. The summed E-state index contributed by atoms with van der Waals surface area (Å²) in [5, 5.41) is 0. The van der Waals surface area contributed by atoms with E-state index in [-0.39, 0.29) is 26.2 Å². The van der Waals surface area contributed by atoms with Crippen LogP contribution in [0.4, 0.5) is 0 Å². The van der Waals surface area contributed by atoms with E-state index >= 15 is 0 Å². The number of quaternary nitrogens is 1. The Bertz CT molecular complexity index is 957. The molecule has 9 heteroatoms. The molecule has 298 valence electrons. The number of nitrogens with zero attached hydrogens (tertiary/aromatic N) is 1. The largest absolute Gasteiger partial charge is 0.756 e. The highest BCUT2D eigenvalue weighted by molar-refractivity contribution is 7.45. The molecule has 0 aromatic rings. The van der Waals surface area contributed by atoms with Crippen LogP contribution in [-0.2, 0) is 27.9 Å². The van der Waals surface area contributed by atoms with Crippen molar-refractivity contribution in [3.05, 3.63) is 48.6 Å². The van der Waals surface area contributed by atoms with Crippen LogP contribution in [-0.4, -0.2) is 70.7 Å². The summed E-state index contributed by atoms with van der Waals surface area (Å²) in [6.45, 7) is 5.20. The molecule has 0 saturated carbocycles. The van der Waals surface area contributed by atoms with Crippen molar-refractivity contribution in [1.82, 2.24) is 0 Å². The maximum absolute atomic E-state index is 12.6. The summed E-state index contributed by atoms with van der Waals surface area (Å²) in [5.74, 6) is -0.413. The predicted molar refractivity (Wildman–Crippen MR) is 213 cm³/mol. The summed E-state index contributed by atoms with van der Waals surface area (Å²) in [5.41, 5.74) is 0. The Labute approximate surface area is 314 Å². The number of carbonyl (C=O) groups is 1. The third-order valence-corrected chi connectivity index (χ3v) is 9.37. The molecule has 0 aliphatic carbocycles. The molecular weight excluding hydrogens is 661 g/mol. The molecule has 0 aliphatic rings. The molecule has 2 unspecified atom stereocenters. The predicted octanol–water partition coefficient (Wildman–Crippen LogP) is 11.0. The molecule has 8 nitrogen and oxygen atoms in total. The Morgan fingerprint density at radius 3 is 1.59 bits per heavy atom. The van der Waals surface area contributed by atoms with Gasteiger partial charge in [-0.15, -0.1) is 0 Å². The van der Waals surface area contributed by atoms with Crippen molar-refractivity contribution in [2.24, 2.45) is 0 Å². The summed E-state index contributed by atoms with van der Waals surface area (Å²) in [6, 6.07) is 0. The van der Waals surface area contributed by atoms with E-state index in [2.05, 4.69) is 50.3 Å². The van der Waals surface area contributed by atoms with E-state index in [0.717, 1.165) is 38.5 Å². The van der Waals surface area contributed by atoms with Gasteiger partial charge in [0.1, 0.15) is 19.3 Å². The number of ether oxygens (including phenoxy) is 2. The van der Waals surface area contributed by atoms with Gasteiger partial charge in [0, 0.05) is 13.0 Å². The van der Waals surface area contributed by atoms with Crippen molar-refractivity contribution in [2.75, 3.05) is 54.1 Å². The minimum atomic E-state index is -4.54. The highest BCUT2D eigenvalue weighted by Gasteiger charge is 2.20. The zero-order valence-corrected chi connectivity index (χ0v) is 34.4. The zero-order valence-electron chi connectivity index (χ0n) is 33.5. The molecule has 0 aromatic heterocycles. The van der Waals surface area contributed by atoms with Crippen LogP contribution >= 0.6 is 7.82 Å². The number of allylic oxidation sites excluding steroid dienone is 8. The first-order chi connectivity index (χ1) is 24.6. The van der Waals surface area contributed by atoms with Crippen molar-refractivity contribution in [1.29, 1.82) is 0 Å². The molecule has 0 radical (unpaired) electrons. The fraction of sp³-hybridized carbons (Fsp3) is 0.786. The average molecular weight is 740 g/mol. The fourth-order valence-corrected chi connectivity index (χ4v) is 5.99. The smallest absolute Gasteiger partial charge is 0.306 e. The molecule has 0 spiro atoms. The molecule has 0 aromatic carbocycles. The number of phosphoric acid groups is 1. The van der Waals surface area contributed by atoms with Crippen LogP contribution in [0.3, 0.4) is 0 Å². The first kappa shape index (κ1) is 49.5. The molecular formula is C42H78NO7P. The Balaban J connectivity index is 4.34. The number of hydrogen-bond acceptors (Lipinski definition) is 7. The van der Waals surface area contributed by atoms with Gasteiger partial charge >= 0.3 is 5.97 Å². The summed E-state index contributed by atoms with van der Waals surface area (Å²) in [6.07, 6.45) is 41.4. The van der Waals surface area contributed by atoms with Gasteiger partial charge in [-0.05, 0) is 38.5 Å². The highest BCUT2D eigenvalue weighted by Crippen LogP contribution is 2.38. The minimum Gasteiger partial charge on any atom is -0.756 e. The van der Waals surface area contributed by atoms with Gasteiger partial charge in [0.25, 0.3) is 7.82 Å². The van der Waals surface area contributed by atoms with Crippen LogP contribution in [0.25, 0.3) is 0 Å². The first-order valence-electron chi connectivity index (χ1n) is 20.4. The van der Waals surface area contributed by atoms with E-state index in [1.807, 2.05) is 33.3 Å². The molecule has 0 N–H and O–H groups in total. The number of unbranched alkanes of at least 4 members (excludes halogenated alkanes) is 15. The minimum absolute atomic E-state index is 0.0132. The van der Waals surface area contributed by atoms with Gasteiger partial charge < -0.3 is 27.9 Å². The molecule has 2 atom stereocenters. The summed E-state index contributed by atoms with van der Waals surface area (Å²) >= 11 is 0. The van der Waals surface area contributed by atoms with Gasteiger partial charge in [0.2, 0.25) is 0 Å². The number of phosphoric ester groups is 1. The van der Waals surface area contributed by atoms with E-state index < -0.39 is 19.9 Å². The Hall–Kier alpha value is -1.54. The molecule has 0 amide bonds. The second kappa shape index (κ2) is 35.5. The maximum atomic E-state index is 12.6. The van der Waals surface area contributed by atoms with Crippen molar-refractivity contribution < 1.29 is 37.3 Å². The number of carbonyl (C=O) groups excluding carboxylic acids is 1. The average Bonchev–Trinajstić information content (AvgIpc) is 3.08. The molecule has 51 heavy (non-hydrogen) atoms. The van der Waals surface area contributed by atoms with Crippen LogP contribution in [0.15, 0.2) is 48.6 Å². The van der Waals surface area contributed by atoms with Gasteiger partial charge in [-0.2, -0.15) is 0 Å². The highest BCUT2D eigenvalue weighted by atomic mass is 31.2. The lowest BCUT2D eigenvalue weighted by Gasteiger charge is -2.28. The fourth-order valence-electron chi connectivity index (χ4n) is 5.26. The number of esters is 1. The zero-order chi connectivity index (χ0) is 37.7. The lowest BCUT2D eigenvalue weighted by atomic mass is 10.0. The Morgan fingerprint density at radius 2 is 1.10 bits per heavy atom. The van der Waals surface area contributed by atoms with E-state index in [4.69, 9.17) is 18.5 Å². The summed E-state index contributed by atoms with van der Waals surface area (Å²) < 4.78 is 34.4. The van der Waals surface area contributed by atoms with Crippen LogP contribution in [0, 0.1) is 0 Å². The van der Waals surface area contributed by atoms with E-state index in [1.54, 1.807) is 0 Å². The van der Waals surface area contributed by atoms with Crippen molar-refractivity contribution in [3.8, 4) is 0 Å². The lowest BCUT2D eigenvalue weighted by Crippen LogP contribution is -2.37. The SMILES string of the molecule is CC/C=C\C/C=C\C/C=C\C/C=C\CCC(=O)OC(COCCCCCCCCCCCCCCCCCC)COP(=O)([O-])OCC[N+](C)(C)C. The van der Waals surface area contributed by atoms with Gasteiger partial charge in [-0.1, -0.05) is 159 Å². The van der Waals surface area contributed by atoms with E-state index in [9.17, 15) is 14.3 Å². The second-order valence-corrected chi connectivity index (χ2v) is 16.0. The molecule has 0 fully saturated rings. The van der Waals surface area contributed by atoms with Gasteiger partial charge in [-0.25, -0.2) is 0 Å². The third-order valence-electron chi connectivity index (χ3n) is 8.41. The topological polar surface area (TPSA) is 94.1 Å². The quantitative estimate of drug-likeness (QED) is 0.0206. The molecule has 0 heterocycles. The van der Waals surface area contributed by atoms with Crippen molar-refractivity contribution in [2.45, 2.75) is 161 Å². The summed E-state index contributed by atoms with van der Waals surface area (Å²) in [7, 11) is 1.31. The van der Waals surface area contributed by atoms with Gasteiger partial charge in [0.15, 0.2) is 0 Å². The summed E-state index contributed by atoms with van der Waals surface area (Å²) in [4.78, 5) is 24.9. The maximum Gasteiger partial charge on any atom is 0.306 e. The lowest BCUT2D eigenvalue weighted by molar-refractivity contribution is -0.870. The molecule has 0 bridgehead atoms. The van der Waals surface area contributed by atoms with Crippen molar-refractivity contribution in [3.63, 3.8) is 0 Å². The number of likely N-dealkylation sites (N-methyl/N-ethyl adjacent to an activating group) is 1. The monoisotopic (exact) mass is 740 g/mol. The molecule has 0 rings (SSSR count). The van der Waals surface area contributed by atoms with Crippen molar-refractivity contribution >= 4 is 13.8 Å². The standard InChI is InChI=1S/C42H78NO7P/c1-6-8-10-12-14-16-18-20-21-22-24-26-28-30-32-34-37-47-39-41(40-49-51(45,46)48-38-36-43(3,4)5)50-42(44)35-33-31-29-27-25-23-19-17-15-13-11-9-7-2/h9,11,15,17,23,25,29,31,41H,6-8,10,12-14,16,18-22,24,26-28,30,32-40H2,1-5H3/b11-9-,17-15-,25-23-,31-29-. The van der Waals surface area contributed by atoms with Gasteiger partial charge in [-0.3, -0.25) is 9.36 Å².